The molecule has 0 aromatic carbocycles. The molecule has 3 aromatic rings. The zero-order valence-electron chi connectivity index (χ0n) is 15.2. The maximum absolute atomic E-state index is 4.72. The lowest BCUT2D eigenvalue weighted by atomic mass is 9.93. The molecule has 0 amide bonds. The Kier molecular flexibility index (Phi) is 3.79. The zero-order chi connectivity index (χ0) is 17.6. The molecule has 0 bridgehead atoms. The molecule has 1 saturated heterocycles. The Hall–Kier alpha value is -2.25. The second-order valence-corrected chi connectivity index (χ2v) is 7.75. The van der Waals surface area contributed by atoms with Crippen LogP contribution in [0, 0.1) is 5.41 Å². The minimum atomic E-state index is 0.494. The van der Waals surface area contributed by atoms with E-state index in [4.69, 9.17) is 4.98 Å². The Bertz CT molecular complexity index is 872. The number of nitrogens with one attached hydrogen (secondary N) is 1. The number of aryl methyl sites for hydroxylation is 1. The maximum atomic E-state index is 4.72. The van der Waals surface area contributed by atoms with Gasteiger partial charge in [-0.3, -0.25) is 9.30 Å². The summed E-state index contributed by atoms with van der Waals surface area (Å²) in [6.45, 7) is 4.00. The van der Waals surface area contributed by atoms with Crippen LogP contribution in [-0.2, 0) is 20.1 Å². The molecule has 1 aliphatic heterocycles. The molecule has 1 aliphatic carbocycles. The number of nitrogens with zero attached hydrogens (tertiary/aromatic N) is 6. The van der Waals surface area contributed by atoms with Gasteiger partial charge in [-0.1, -0.05) is 0 Å². The summed E-state index contributed by atoms with van der Waals surface area (Å²) in [5.41, 5.74) is 1.57. The lowest BCUT2D eigenvalue weighted by Gasteiger charge is -2.29. The molecule has 1 atom stereocenters. The van der Waals surface area contributed by atoms with Gasteiger partial charge < -0.3 is 9.88 Å². The highest BCUT2D eigenvalue weighted by Crippen LogP contribution is 2.56. The summed E-state index contributed by atoms with van der Waals surface area (Å²) in [5.74, 6) is 1.88. The molecule has 2 fully saturated rings. The van der Waals surface area contributed by atoms with E-state index in [1.54, 1.807) is 6.20 Å². The van der Waals surface area contributed by atoms with Crippen LogP contribution in [-0.4, -0.2) is 48.0 Å². The molecule has 7 nitrogen and oxygen atoms in total. The predicted octanol–water partition coefficient (Wildman–Crippen LogP) is 1.61. The van der Waals surface area contributed by atoms with Crippen molar-refractivity contribution >= 4 is 5.78 Å². The summed E-state index contributed by atoms with van der Waals surface area (Å²) in [5, 5.41) is 3.50. The van der Waals surface area contributed by atoms with Gasteiger partial charge in [-0.15, -0.1) is 0 Å². The van der Waals surface area contributed by atoms with Gasteiger partial charge in [0.25, 0.3) is 0 Å². The summed E-state index contributed by atoms with van der Waals surface area (Å²) < 4.78 is 4.12. The van der Waals surface area contributed by atoms with Gasteiger partial charge in [0.05, 0.1) is 12.2 Å². The highest BCUT2D eigenvalue weighted by Gasteiger charge is 2.56. The van der Waals surface area contributed by atoms with Crippen molar-refractivity contribution in [3.05, 3.63) is 48.6 Å². The van der Waals surface area contributed by atoms with Crippen LogP contribution in [0.2, 0.25) is 0 Å². The van der Waals surface area contributed by atoms with Crippen molar-refractivity contribution in [3.8, 4) is 0 Å². The summed E-state index contributed by atoms with van der Waals surface area (Å²) in [4.78, 5) is 16.2. The quantitative estimate of drug-likeness (QED) is 0.757. The van der Waals surface area contributed by atoms with E-state index in [1.807, 2.05) is 29.1 Å². The minimum absolute atomic E-state index is 0.494. The van der Waals surface area contributed by atoms with E-state index >= 15 is 0 Å². The number of hydrogen-bond acceptors (Lipinski definition) is 5. The Labute approximate surface area is 153 Å². The number of piperidine rings is 1. The zero-order valence-corrected chi connectivity index (χ0v) is 15.2. The molecule has 1 N–H and O–H groups in total. The minimum Gasteiger partial charge on any atom is -0.337 e. The molecule has 1 spiro atoms. The largest absolute Gasteiger partial charge is 0.337 e. The van der Waals surface area contributed by atoms with Crippen LogP contribution in [0.25, 0.3) is 5.78 Å². The number of fused-ring (bicyclic) bond motifs is 1. The van der Waals surface area contributed by atoms with Crippen molar-refractivity contribution in [2.24, 2.45) is 12.5 Å². The Balaban J connectivity index is 1.41. The lowest BCUT2D eigenvalue weighted by Crippen LogP contribution is -2.36. The molecule has 0 radical (unpaired) electrons. The van der Waals surface area contributed by atoms with Gasteiger partial charge in [0.15, 0.2) is 0 Å². The number of hydrogen-bond donors (Lipinski definition) is 1. The maximum Gasteiger partial charge on any atom is 0.233 e. The van der Waals surface area contributed by atoms with E-state index in [-0.39, 0.29) is 0 Å². The van der Waals surface area contributed by atoms with Crippen molar-refractivity contribution in [3.63, 3.8) is 0 Å². The molecule has 7 heteroatoms. The fourth-order valence-electron chi connectivity index (χ4n) is 4.48. The van der Waals surface area contributed by atoms with Crippen LogP contribution in [0.1, 0.15) is 30.8 Å². The molecule has 136 valence electrons. The number of imidazole rings is 2. The van der Waals surface area contributed by atoms with Crippen LogP contribution < -0.4 is 5.32 Å². The van der Waals surface area contributed by atoms with Crippen LogP contribution in [0.15, 0.2) is 37.1 Å². The summed E-state index contributed by atoms with van der Waals surface area (Å²) in [7, 11) is 2.07. The highest BCUT2D eigenvalue weighted by molar-refractivity contribution is 5.29. The average Bonchev–Trinajstić information content (AvgIpc) is 2.99. The van der Waals surface area contributed by atoms with E-state index in [0.29, 0.717) is 11.5 Å². The smallest absolute Gasteiger partial charge is 0.233 e. The van der Waals surface area contributed by atoms with Gasteiger partial charge in [-0.2, -0.15) is 0 Å². The molecule has 26 heavy (non-hydrogen) atoms. The fourth-order valence-corrected chi connectivity index (χ4v) is 4.48. The Morgan fingerprint density at radius 3 is 2.85 bits per heavy atom. The van der Waals surface area contributed by atoms with Crippen LogP contribution in [0.4, 0.5) is 0 Å². The van der Waals surface area contributed by atoms with Gasteiger partial charge in [0.1, 0.15) is 5.82 Å². The van der Waals surface area contributed by atoms with Crippen LogP contribution in [0.5, 0.6) is 0 Å². The van der Waals surface area contributed by atoms with Crippen molar-refractivity contribution in [2.45, 2.75) is 38.4 Å². The second kappa shape index (κ2) is 6.17. The Morgan fingerprint density at radius 2 is 2.08 bits per heavy atom. The normalized spacial score (nSPS) is 21.7. The first-order valence-electron chi connectivity index (χ1n) is 9.43. The van der Waals surface area contributed by atoms with Gasteiger partial charge >= 0.3 is 0 Å². The summed E-state index contributed by atoms with van der Waals surface area (Å²) >= 11 is 0. The number of rotatable bonds is 5. The highest BCUT2D eigenvalue weighted by atomic mass is 15.2. The standard InChI is InChI=1S/C19H25N7/c1-24-10-8-21-17(24)14-26(16-11-19(16)3-6-20-7-4-19)13-15-12-25-9-2-5-22-18(25)23-15/h2,5,8-10,12,16,20H,3-4,6-7,11,13-14H2,1H3. The first-order chi connectivity index (χ1) is 12.7. The lowest BCUT2D eigenvalue weighted by molar-refractivity contribution is 0.181. The molecule has 1 unspecified atom stereocenters. The molecule has 4 heterocycles. The van der Waals surface area contributed by atoms with Crippen LogP contribution in [0.3, 0.4) is 0 Å². The first-order valence-corrected chi connectivity index (χ1v) is 9.43. The molecule has 2 aliphatic rings. The second-order valence-electron chi connectivity index (χ2n) is 7.75. The Morgan fingerprint density at radius 1 is 1.19 bits per heavy atom. The first kappa shape index (κ1) is 16.0. The third-order valence-electron chi connectivity index (χ3n) is 6.10. The van der Waals surface area contributed by atoms with Crippen molar-refractivity contribution in [2.75, 3.05) is 13.1 Å². The van der Waals surface area contributed by atoms with E-state index in [0.717, 1.165) is 43.5 Å². The third kappa shape index (κ3) is 2.81. The van der Waals surface area contributed by atoms with Crippen molar-refractivity contribution < 1.29 is 0 Å². The van der Waals surface area contributed by atoms with Gasteiger partial charge in [0.2, 0.25) is 5.78 Å². The summed E-state index contributed by atoms with van der Waals surface area (Å²) in [6, 6.07) is 2.56. The molecule has 3 aromatic heterocycles. The SMILES string of the molecule is Cn1ccnc1CN(Cc1cn2cccnc2n1)C1CC12CCNCC2. The fraction of sp³-hybridized carbons (Fsp3) is 0.526. The van der Waals surface area contributed by atoms with Gasteiger partial charge in [0, 0.05) is 50.6 Å². The van der Waals surface area contributed by atoms with Gasteiger partial charge in [-0.25, -0.2) is 15.0 Å². The monoisotopic (exact) mass is 351 g/mol. The molecule has 5 rings (SSSR count). The third-order valence-corrected chi connectivity index (χ3v) is 6.10. The molecular formula is C19H25N7. The van der Waals surface area contributed by atoms with E-state index in [2.05, 4.69) is 38.0 Å². The van der Waals surface area contributed by atoms with Crippen molar-refractivity contribution in [1.29, 1.82) is 0 Å². The van der Waals surface area contributed by atoms with E-state index < -0.39 is 0 Å². The topological polar surface area (TPSA) is 63.3 Å². The van der Waals surface area contributed by atoms with E-state index in [1.165, 1.54) is 19.3 Å². The predicted molar refractivity (Wildman–Crippen MR) is 98.4 cm³/mol. The van der Waals surface area contributed by atoms with E-state index in [9.17, 15) is 0 Å². The average molecular weight is 351 g/mol. The summed E-state index contributed by atoms with van der Waals surface area (Å²) in [6.07, 6.45) is 13.7. The van der Waals surface area contributed by atoms with Gasteiger partial charge in [-0.05, 0) is 43.8 Å². The van der Waals surface area contributed by atoms with Crippen molar-refractivity contribution in [1.82, 2.24) is 34.1 Å². The van der Waals surface area contributed by atoms with Crippen LogP contribution >= 0.6 is 0 Å². The molecular weight excluding hydrogens is 326 g/mol. The molecule has 1 saturated carbocycles. The number of aromatic nitrogens is 5.